The molecule has 0 saturated carbocycles. The molecule has 0 N–H and O–H groups in total. The summed E-state index contributed by atoms with van der Waals surface area (Å²) in [6.45, 7) is 0. The molecule has 0 aromatic heterocycles. The fourth-order valence-corrected chi connectivity index (χ4v) is 1.16. The number of carbonyl (C=O) groups is 1. The lowest BCUT2D eigenvalue weighted by Gasteiger charge is -2.13. The second-order valence-electron chi connectivity index (χ2n) is 2.51. The summed E-state index contributed by atoms with van der Waals surface area (Å²) in [7, 11) is 0. The van der Waals surface area contributed by atoms with Crippen LogP contribution < -0.4 is 4.74 Å². The molecule has 11 heavy (non-hydrogen) atoms. The number of benzene rings is 1. The molecule has 0 atom stereocenters. The van der Waals surface area contributed by atoms with Crippen molar-refractivity contribution in [1.29, 1.82) is 0 Å². The van der Waals surface area contributed by atoms with E-state index >= 15 is 0 Å². The number of rotatable bonds is 0. The van der Waals surface area contributed by atoms with Crippen LogP contribution >= 0.6 is 0 Å². The average Bonchev–Trinajstić information content (AvgIpc) is 2.04. The van der Waals surface area contributed by atoms with Crippen molar-refractivity contribution in [2.75, 3.05) is 0 Å². The lowest BCUT2D eigenvalue weighted by molar-refractivity contribution is -0.135. The van der Waals surface area contributed by atoms with Gasteiger partial charge < -0.3 is 4.74 Å². The van der Waals surface area contributed by atoms with Gasteiger partial charge in [-0.3, -0.25) is 4.79 Å². The SMILES string of the molecule is O=C1CCc2cc[c]cc2O1. The van der Waals surface area contributed by atoms with Crippen LogP contribution in [0.25, 0.3) is 0 Å². The van der Waals surface area contributed by atoms with Crippen molar-refractivity contribution in [3.63, 3.8) is 0 Å². The summed E-state index contributed by atoms with van der Waals surface area (Å²) >= 11 is 0. The maximum atomic E-state index is 10.8. The average molecular weight is 147 g/mol. The second-order valence-corrected chi connectivity index (χ2v) is 2.51. The Labute approximate surface area is 64.8 Å². The van der Waals surface area contributed by atoms with Crippen molar-refractivity contribution in [1.82, 2.24) is 0 Å². The van der Waals surface area contributed by atoms with Crippen LogP contribution in [-0.4, -0.2) is 5.97 Å². The van der Waals surface area contributed by atoms with Gasteiger partial charge in [0.05, 0.1) is 6.42 Å². The lowest BCUT2D eigenvalue weighted by atomic mass is 10.1. The Bertz CT molecular complexity index is 291. The molecule has 55 valence electrons. The van der Waals surface area contributed by atoms with Crippen molar-refractivity contribution in [3.8, 4) is 5.75 Å². The summed E-state index contributed by atoms with van der Waals surface area (Å²) in [5, 5.41) is 0. The molecule has 0 fully saturated rings. The molecule has 1 heterocycles. The summed E-state index contributed by atoms with van der Waals surface area (Å²) in [5.74, 6) is 0.529. The molecule has 0 bridgehead atoms. The predicted octanol–water partition coefficient (Wildman–Crippen LogP) is 1.34. The molecule has 0 saturated heterocycles. The number of fused-ring (bicyclic) bond motifs is 1. The Kier molecular flexibility index (Phi) is 1.39. The summed E-state index contributed by atoms with van der Waals surface area (Å²) in [6.07, 6.45) is 1.29. The van der Waals surface area contributed by atoms with Crippen molar-refractivity contribution in [2.24, 2.45) is 0 Å². The van der Waals surface area contributed by atoms with Gasteiger partial charge in [0, 0.05) is 0 Å². The van der Waals surface area contributed by atoms with E-state index in [4.69, 9.17) is 4.74 Å². The van der Waals surface area contributed by atoms with Crippen LogP contribution in [0.2, 0.25) is 0 Å². The first-order chi connectivity index (χ1) is 5.36. The van der Waals surface area contributed by atoms with E-state index in [2.05, 4.69) is 6.07 Å². The van der Waals surface area contributed by atoms with Crippen LogP contribution in [0.3, 0.4) is 0 Å². The molecule has 1 aromatic rings. The van der Waals surface area contributed by atoms with Crippen molar-refractivity contribution < 1.29 is 9.53 Å². The summed E-state index contributed by atoms with van der Waals surface area (Å²) in [4.78, 5) is 10.8. The second kappa shape index (κ2) is 2.38. The first kappa shape index (κ1) is 6.40. The minimum Gasteiger partial charge on any atom is -0.426 e. The Morgan fingerprint density at radius 3 is 3.27 bits per heavy atom. The highest BCUT2D eigenvalue weighted by Gasteiger charge is 2.15. The fourth-order valence-electron chi connectivity index (χ4n) is 1.16. The number of esters is 1. The fraction of sp³-hybridized carbons (Fsp3) is 0.222. The molecule has 2 rings (SSSR count). The van der Waals surface area contributed by atoms with E-state index in [1.807, 2.05) is 12.1 Å². The minimum atomic E-state index is -0.142. The molecule has 2 heteroatoms. The van der Waals surface area contributed by atoms with Gasteiger partial charge in [-0.15, -0.1) is 0 Å². The van der Waals surface area contributed by atoms with Gasteiger partial charge in [0.15, 0.2) is 0 Å². The van der Waals surface area contributed by atoms with Crippen molar-refractivity contribution in [3.05, 3.63) is 29.8 Å². The van der Waals surface area contributed by atoms with Crippen LogP contribution in [0.1, 0.15) is 12.0 Å². The molecule has 0 unspecified atom stereocenters. The molecule has 1 aliphatic heterocycles. The monoisotopic (exact) mass is 147 g/mol. The standard InChI is InChI=1S/C9H7O2/c10-9-6-5-7-3-1-2-4-8(7)11-9/h1,3-4H,5-6H2. The highest BCUT2D eigenvalue weighted by atomic mass is 16.5. The predicted molar refractivity (Wildman–Crippen MR) is 39.2 cm³/mol. The van der Waals surface area contributed by atoms with Crippen LogP contribution in [-0.2, 0) is 11.2 Å². The Morgan fingerprint density at radius 2 is 2.36 bits per heavy atom. The summed E-state index contributed by atoms with van der Waals surface area (Å²) in [5.41, 5.74) is 1.10. The van der Waals surface area contributed by atoms with E-state index in [9.17, 15) is 4.79 Å². The first-order valence-corrected chi connectivity index (χ1v) is 3.56. The van der Waals surface area contributed by atoms with Crippen LogP contribution in [0.5, 0.6) is 5.75 Å². The quantitative estimate of drug-likeness (QED) is 0.409. The molecule has 2 nitrogen and oxygen atoms in total. The third-order valence-corrected chi connectivity index (χ3v) is 1.73. The lowest BCUT2D eigenvalue weighted by Crippen LogP contribution is -2.15. The molecule has 0 amide bonds. The first-order valence-electron chi connectivity index (χ1n) is 3.56. The van der Waals surface area contributed by atoms with Gasteiger partial charge in [-0.1, -0.05) is 12.1 Å². The highest BCUT2D eigenvalue weighted by Crippen LogP contribution is 2.23. The van der Waals surface area contributed by atoms with Crippen LogP contribution in [0.15, 0.2) is 18.2 Å². The molecule has 1 radical (unpaired) electrons. The van der Waals surface area contributed by atoms with E-state index in [1.165, 1.54) is 0 Å². The molecule has 0 spiro atoms. The number of aryl methyl sites for hydroxylation is 1. The number of ether oxygens (including phenoxy) is 1. The molecule has 1 aliphatic rings. The van der Waals surface area contributed by atoms with Gasteiger partial charge in [0.2, 0.25) is 0 Å². The smallest absolute Gasteiger partial charge is 0.311 e. The highest BCUT2D eigenvalue weighted by molar-refractivity contribution is 5.75. The number of carbonyl (C=O) groups excluding carboxylic acids is 1. The Morgan fingerprint density at radius 1 is 1.45 bits per heavy atom. The topological polar surface area (TPSA) is 26.3 Å². The Hall–Kier alpha value is -1.31. The molecular weight excluding hydrogens is 140 g/mol. The van der Waals surface area contributed by atoms with Gasteiger partial charge >= 0.3 is 5.97 Å². The summed E-state index contributed by atoms with van der Waals surface area (Å²) < 4.78 is 4.96. The van der Waals surface area contributed by atoms with Gasteiger partial charge in [0.25, 0.3) is 0 Å². The van der Waals surface area contributed by atoms with E-state index in [0.717, 1.165) is 12.0 Å². The third-order valence-electron chi connectivity index (χ3n) is 1.73. The van der Waals surface area contributed by atoms with Crippen molar-refractivity contribution in [2.45, 2.75) is 12.8 Å². The third kappa shape index (κ3) is 1.11. The maximum Gasteiger partial charge on any atom is 0.311 e. The van der Waals surface area contributed by atoms with Crippen LogP contribution in [0.4, 0.5) is 0 Å². The zero-order valence-corrected chi connectivity index (χ0v) is 5.96. The number of hydrogen-bond donors (Lipinski definition) is 0. The van der Waals surface area contributed by atoms with Gasteiger partial charge in [-0.2, -0.15) is 0 Å². The molecule has 0 aliphatic carbocycles. The van der Waals surface area contributed by atoms with Crippen molar-refractivity contribution >= 4 is 5.97 Å². The van der Waals surface area contributed by atoms with Gasteiger partial charge in [-0.25, -0.2) is 0 Å². The van der Waals surface area contributed by atoms with Gasteiger partial charge in [0.1, 0.15) is 5.75 Å². The van der Waals surface area contributed by atoms with E-state index in [0.29, 0.717) is 12.2 Å². The summed E-state index contributed by atoms with van der Waals surface area (Å²) in [6, 6.07) is 8.33. The van der Waals surface area contributed by atoms with E-state index in [1.54, 1.807) is 6.07 Å². The maximum absolute atomic E-state index is 10.8. The molecular formula is C9H7O2. The van der Waals surface area contributed by atoms with E-state index in [-0.39, 0.29) is 5.97 Å². The normalized spacial score (nSPS) is 15.5. The van der Waals surface area contributed by atoms with E-state index < -0.39 is 0 Å². The van der Waals surface area contributed by atoms with Gasteiger partial charge in [-0.05, 0) is 24.1 Å². The zero-order chi connectivity index (χ0) is 7.68. The zero-order valence-electron chi connectivity index (χ0n) is 5.96. The number of hydrogen-bond acceptors (Lipinski definition) is 2. The Balaban J connectivity index is 2.41. The molecule has 1 aromatic carbocycles. The minimum absolute atomic E-state index is 0.142. The van der Waals surface area contributed by atoms with Crippen LogP contribution in [0, 0.1) is 6.07 Å². The largest absolute Gasteiger partial charge is 0.426 e.